The third-order valence-electron chi connectivity index (χ3n) is 3.95. The second-order valence-corrected chi connectivity index (χ2v) is 7.77. The van der Waals surface area contributed by atoms with E-state index in [0.717, 1.165) is 21.4 Å². The number of carbonyl (C=O) groups is 1. The van der Waals surface area contributed by atoms with Gasteiger partial charge in [-0.25, -0.2) is 31.7 Å². The lowest BCUT2D eigenvalue weighted by atomic mass is 10.0. The average Bonchev–Trinajstić information content (AvgIpc) is 2.95. The van der Waals surface area contributed by atoms with E-state index in [1.54, 1.807) is 13.8 Å². The van der Waals surface area contributed by atoms with Crippen LogP contribution in [-0.2, 0) is 23.1 Å². The molecule has 0 fully saturated rings. The number of benzene rings is 1. The second-order valence-electron chi connectivity index (χ2n) is 5.73. The van der Waals surface area contributed by atoms with Crippen molar-refractivity contribution in [1.82, 2.24) is 19.1 Å². The number of alkyl halides is 2. The van der Waals surface area contributed by atoms with Crippen LogP contribution in [0.25, 0.3) is 0 Å². The van der Waals surface area contributed by atoms with Gasteiger partial charge in [0.25, 0.3) is 6.43 Å². The highest BCUT2D eigenvalue weighted by molar-refractivity contribution is 7.89. The zero-order valence-corrected chi connectivity index (χ0v) is 15.2. The van der Waals surface area contributed by atoms with E-state index in [1.807, 2.05) is 0 Å². The molecule has 8 nitrogen and oxygen atoms in total. The molecule has 1 heterocycles. The maximum absolute atomic E-state index is 12.8. The minimum absolute atomic E-state index is 0.0543. The van der Waals surface area contributed by atoms with Gasteiger partial charge in [-0.3, -0.25) is 0 Å². The van der Waals surface area contributed by atoms with Gasteiger partial charge in [-0.15, -0.1) is 0 Å². The van der Waals surface area contributed by atoms with Crippen molar-refractivity contribution < 1.29 is 27.1 Å². The number of carboxylic acid groups (broad SMARTS) is 1. The van der Waals surface area contributed by atoms with E-state index in [-0.39, 0.29) is 22.8 Å². The number of hydrogen-bond acceptors (Lipinski definition) is 5. The molecule has 0 amide bonds. The predicted octanol–water partition coefficient (Wildman–Crippen LogP) is 1.68. The van der Waals surface area contributed by atoms with E-state index in [4.69, 9.17) is 0 Å². The number of sulfonamides is 1. The van der Waals surface area contributed by atoms with E-state index >= 15 is 0 Å². The third kappa shape index (κ3) is 4.05. The normalized spacial score (nSPS) is 12.1. The summed E-state index contributed by atoms with van der Waals surface area (Å²) in [7, 11) is -2.80. The van der Waals surface area contributed by atoms with Crippen molar-refractivity contribution in [2.45, 2.75) is 38.3 Å². The van der Waals surface area contributed by atoms with Crippen LogP contribution in [0.3, 0.4) is 0 Å². The first kappa shape index (κ1) is 19.9. The standard InChI is InChI=1S/C15H18F2N4O4S/c1-9-4-11(5-12(10(9)2)15(22)23)26(24,25)20(3)7-14-18-8-19-21(14)6-13(16)17/h4-5,8,13H,6-7H2,1-3H3,(H,22,23). The summed E-state index contributed by atoms with van der Waals surface area (Å²) in [5, 5.41) is 12.9. The first-order chi connectivity index (χ1) is 12.0. The van der Waals surface area contributed by atoms with Crippen LogP contribution in [0.2, 0.25) is 0 Å². The van der Waals surface area contributed by atoms with Crippen LogP contribution in [0.4, 0.5) is 8.78 Å². The Morgan fingerprint density at radius 2 is 2.00 bits per heavy atom. The molecule has 0 saturated heterocycles. The molecule has 2 aromatic rings. The van der Waals surface area contributed by atoms with Crippen molar-refractivity contribution in [3.63, 3.8) is 0 Å². The first-order valence-corrected chi connectivity index (χ1v) is 8.93. The Morgan fingerprint density at radius 1 is 1.35 bits per heavy atom. The lowest BCUT2D eigenvalue weighted by Gasteiger charge is -2.18. The maximum atomic E-state index is 12.8. The van der Waals surface area contributed by atoms with Crippen molar-refractivity contribution in [2.75, 3.05) is 7.05 Å². The molecule has 1 aromatic carbocycles. The number of rotatable bonds is 7. The molecule has 0 aliphatic rings. The number of aromatic carboxylic acids is 1. The summed E-state index contributed by atoms with van der Waals surface area (Å²) < 4.78 is 52.4. The Bertz CT molecular complexity index is 928. The molecular formula is C15H18F2N4O4S. The van der Waals surface area contributed by atoms with Crippen molar-refractivity contribution in [2.24, 2.45) is 0 Å². The molecule has 26 heavy (non-hydrogen) atoms. The van der Waals surface area contributed by atoms with Crippen LogP contribution < -0.4 is 0 Å². The molecule has 0 aliphatic carbocycles. The minimum atomic E-state index is -4.05. The van der Waals surface area contributed by atoms with Gasteiger partial charge in [0.2, 0.25) is 10.0 Å². The lowest BCUT2D eigenvalue weighted by molar-refractivity contribution is 0.0695. The maximum Gasteiger partial charge on any atom is 0.336 e. The van der Waals surface area contributed by atoms with E-state index in [1.165, 1.54) is 13.1 Å². The van der Waals surface area contributed by atoms with Crippen molar-refractivity contribution in [3.8, 4) is 0 Å². The number of carboxylic acids is 1. The Kier molecular flexibility index (Phi) is 5.71. The summed E-state index contributed by atoms with van der Waals surface area (Å²) in [4.78, 5) is 14.9. The second kappa shape index (κ2) is 7.46. The van der Waals surface area contributed by atoms with Gasteiger partial charge in [0, 0.05) is 7.05 Å². The topological polar surface area (TPSA) is 105 Å². The van der Waals surface area contributed by atoms with E-state index in [9.17, 15) is 27.1 Å². The van der Waals surface area contributed by atoms with E-state index < -0.39 is 29.0 Å². The van der Waals surface area contributed by atoms with Crippen LogP contribution in [0.5, 0.6) is 0 Å². The molecule has 1 N–H and O–H groups in total. The summed E-state index contributed by atoms with van der Waals surface area (Å²) in [5.74, 6) is -1.18. The molecule has 0 bridgehead atoms. The summed E-state index contributed by atoms with van der Waals surface area (Å²) in [6.07, 6.45) is -1.59. The van der Waals surface area contributed by atoms with Crippen molar-refractivity contribution >= 4 is 16.0 Å². The van der Waals surface area contributed by atoms with Crippen LogP contribution in [-0.4, -0.2) is 52.0 Å². The van der Waals surface area contributed by atoms with Crippen LogP contribution in [0.1, 0.15) is 27.3 Å². The first-order valence-electron chi connectivity index (χ1n) is 7.49. The minimum Gasteiger partial charge on any atom is -0.478 e. The van der Waals surface area contributed by atoms with Crippen LogP contribution in [0.15, 0.2) is 23.4 Å². The van der Waals surface area contributed by atoms with Crippen molar-refractivity contribution in [3.05, 3.63) is 41.0 Å². The number of nitrogens with zero attached hydrogens (tertiary/aromatic N) is 4. The van der Waals surface area contributed by atoms with E-state index in [2.05, 4.69) is 10.1 Å². The van der Waals surface area contributed by atoms with Gasteiger partial charge < -0.3 is 5.11 Å². The van der Waals surface area contributed by atoms with Crippen LogP contribution in [0, 0.1) is 13.8 Å². The molecule has 0 saturated carbocycles. The monoisotopic (exact) mass is 388 g/mol. The van der Waals surface area contributed by atoms with Gasteiger partial charge in [0.05, 0.1) is 17.0 Å². The molecule has 142 valence electrons. The molecule has 0 radical (unpaired) electrons. The fraction of sp³-hybridized carbons (Fsp3) is 0.400. The van der Waals surface area contributed by atoms with E-state index in [0.29, 0.717) is 11.1 Å². The Hall–Kier alpha value is -2.40. The zero-order valence-electron chi connectivity index (χ0n) is 14.3. The van der Waals surface area contributed by atoms with Gasteiger partial charge in [0.1, 0.15) is 18.7 Å². The molecule has 0 spiro atoms. The summed E-state index contributed by atoms with van der Waals surface area (Å²) in [6, 6.07) is 2.46. The predicted molar refractivity (Wildman–Crippen MR) is 87.6 cm³/mol. The van der Waals surface area contributed by atoms with Gasteiger partial charge in [-0.2, -0.15) is 9.40 Å². The zero-order chi connectivity index (χ0) is 19.6. The summed E-state index contributed by atoms with van der Waals surface area (Å²) >= 11 is 0. The fourth-order valence-electron chi connectivity index (χ4n) is 2.36. The number of halogens is 2. The van der Waals surface area contributed by atoms with Crippen molar-refractivity contribution in [1.29, 1.82) is 0 Å². The highest BCUT2D eigenvalue weighted by Gasteiger charge is 2.25. The fourth-order valence-corrected chi connectivity index (χ4v) is 3.59. The van der Waals surface area contributed by atoms with Crippen LogP contribution >= 0.6 is 0 Å². The Labute approximate surface area is 149 Å². The largest absolute Gasteiger partial charge is 0.478 e. The lowest BCUT2D eigenvalue weighted by Crippen LogP contribution is -2.29. The molecule has 0 aliphatic heterocycles. The molecule has 2 rings (SSSR count). The molecule has 11 heteroatoms. The average molecular weight is 388 g/mol. The number of hydrogen-bond donors (Lipinski definition) is 1. The Morgan fingerprint density at radius 3 is 2.58 bits per heavy atom. The summed E-state index contributed by atoms with van der Waals surface area (Å²) in [6.45, 7) is 2.21. The SMILES string of the molecule is Cc1cc(S(=O)(=O)N(C)Cc2ncnn2CC(F)F)cc(C(=O)O)c1C. The number of aromatic nitrogens is 3. The molecule has 0 unspecified atom stereocenters. The Balaban J connectivity index is 2.36. The molecule has 0 atom stereocenters. The van der Waals surface area contributed by atoms with Gasteiger partial charge in [-0.05, 0) is 37.1 Å². The van der Waals surface area contributed by atoms with Gasteiger partial charge >= 0.3 is 5.97 Å². The molecule has 1 aromatic heterocycles. The molecular weight excluding hydrogens is 370 g/mol. The van der Waals surface area contributed by atoms with Gasteiger partial charge in [0.15, 0.2) is 0 Å². The third-order valence-corrected chi connectivity index (χ3v) is 5.73. The smallest absolute Gasteiger partial charge is 0.336 e. The quantitative estimate of drug-likeness (QED) is 0.774. The highest BCUT2D eigenvalue weighted by Crippen LogP contribution is 2.23. The summed E-state index contributed by atoms with van der Waals surface area (Å²) in [5.41, 5.74) is 0.867. The highest BCUT2D eigenvalue weighted by atomic mass is 32.2. The number of aryl methyl sites for hydroxylation is 1. The van der Waals surface area contributed by atoms with Gasteiger partial charge in [-0.1, -0.05) is 0 Å².